The number of hydrogen-bond donors (Lipinski definition) is 1. The van der Waals surface area contributed by atoms with E-state index in [1.165, 1.54) is 38.6 Å². The third-order valence-corrected chi connectivity index (χ3v) is 8.71. The number of hydrogen-bond acceptors (Lipinski definition) is 6. The molecule has 0 saturated carbocycles. The first-order valence-electron chi connectivity index (χ1n) is 12.8. The molecular weight excluding hydrogens is 599 g/mol. The van der Waals surface area contributed by atoms with Gasteiger partial charge in [0.15, 0.2) is 11.5 Å². The molecule has 0 aliphatic heterocycles. The molecule has 42 heavy (non-hydrogen) atoms. The second-order valence-electron chi connectivity index (χ2n) is 9.36. The van der Waals surface area contributed by atoms with Crippen molar-refractivity contribution >= 4 is 45.3 Å². The molecule has 0 atom stereocenters. The molecule has 0 aliphatic carbocycles. The van der Waals surface area contributed by atoms with Gasteiger partial charge in [0.1, 0.15) is 0 Å². The molecule has 0 bridgehead atoms. The number of amides is 1. The zero-order valence-corrected chi connectivity index (χ0v) is 25.8. The van der Waals surface area contributed by atoms with Crippen LogP contribution in [0.4, 0.5) is 0 Å². The van der Waals surface area contributed by atoms with E-state index in [2.05, 4.69) is 10.5 Å². The van der Waals surface area contributed by atoms with Gasteiger partial charge in [-0.15, -0.1) is 0 Å². The molecule has 1 heterocycles. The monoisotopic (exact) mass is 628 g/mol. The maximum Gasteiger partial charge on any atom is 0.255 e. The lowest BCUT2D eigenvalue weighted by molar-refractivity contribution is -0.121. The van der Waals surface area contributed by atoms with Gasteiger partial charge in [-0.25, -0.2) is 13.8 Å². The third-order valence-electron chi connectivity index (χ3n) is 6.48. The highest BCUT2D eigenvalue weighted by Gasteiger charge is 2.28. The number of hydrazone groups is 1. The molecule has 0 fully saturated rings. The first-order chi connectivity index (χ1) is 20.0. The number of methoxy groups -OCH3 is 2. The minimum absolute atomic E-state index is 0.0298. The highest BCUT2D eigenvalue weighted by molar-refractivity contribution is 7.89. The lowest BCUT2D eigenvalue weighted by Crippen LogP contribution is -2.39. The van der Waals surface area contributed by atoms with E-state index in [1.54, 1.807) is 42.5 Å². The number of halogens is 2. The summed E-state index contributed by atoms with van der Waals surface area (Å²) in [5.74, 6) is 0.0301. The molecule has 0 aliphatic rings. The van der Waals surface area contributed by atoms with Crippen LogP contribution in [-0.2, 0) is 21.4 Å². The van der Waals surface area contributed by atoms with Crippen LogP contribution < -0.4 is 14.9 Å². The average molecular weight is 630 g/mol. The first-order valence-corrected chi connectivity index (χ1v) is 15.0. The molecule has 220 valence electrons. The van der Waals surface area contributed by atoms with Gasteiger partial charge in [-0.1, -0.05) is 53.5 Å². The molecule has 9 nitrogen and oxygen atoms in total. The molecule has 4 rings (SSSR count). The van der Waals surface area contributed by atoms with Gasteiger partial charge in [0.2, 0.25) is 10.0 Å². The molecule has 12 heteroatoms. The van der Waals surface area contributed by atoms with Crippen LogP contribution in [0, 0.1) is 13.8 Å². The van der Waals surface area contributed by atoms with E-state index in [-0.39, 0.29) is 17.2 Å². The van der Waals surface area contributed by atoms with Crippen molar-refractivity contribution in [3.63, 3.8) is 0 Å². The van der Waals surface area contributed by atoms with E-state index in [0.717, 1.165) is 26.9 Å². The number of nitrogens with zero attached hydrogens (tertiary/aromatic N) is 3. The number of nitrogens with one attached hydrogen (secondary N) is 1. The summed E-state index contributed by atoms with van der Waals surface area (Å²) in [5.41, 5.74) is 6.48. The second-order valence-corrected chi connectivity index (χ2v) is 12.2. The maximum absolute atomic E-state index is 13.7. The first kappa shape index (κ1) is 31.1. The topological polar surface area (TPSA) is 102 Å². The third kappa shape index (κ3) is 7.14. The molecule has 1 aromatic heterocycles. The highest BCUT2D eigenvalue weighted by Crippen LogP contribution is 2.31. The van der Waals surface area contributed by atoms with Gasteiger partial charge in [0.05, 0.1) is 31.9 Å². The number of sulfonamides is 1. The largest absolute Gasteiger partial charge is 0.493 e. The minimum atomic E-state index is -4.12. The van der Waals surface area contributed by atoms with Crippen molar-refractivity contribution in [1.82, 2.24) is 14.3 Å². The Balaban J connectivity index is 1.55. The predicted octanol–water partition coefficient (Wildman–Crippen LogP) is 5.76. The van der Waals surface area contributed by atoms with Crippen molar-refractivity contribution in [3.05, 3.63) is 105 Å². The number of ether oxygens (including phenoxy) is 2. The summed E-state index contributed by atoms with van der Waals surface area (Å²) in [7, 11) is -1.23. The van der Waals surface area contributed by atoms with Crippen LogP contribution in [-0.4, -0.2) is 50.2 Å². The van der Waals surface area contributed by atoms with Gasteiger partial charge in [-0.2, -0.15) is 9.41 Å². The van der Waals surface area contributed by atoms with Gasteiger partial charge in [-0.3, -0.25) is 4.79 Å². The standard InChI is InChI=1S/C30H30Cl2N4O5S/c1-20-12-23(21(2)36(20)26-14-24(31)13-25(32)15-26)17-33-34-30(37)19-35(18-22-8-6-5-7-9-22)42(38,39)27-10-11-28(40-3)29(16-27)41-4/h5-17H,18-19H2,1-4H3,(H,34,37)/b33-17+. The van der Waals surface area contributed by atoms with Crippen LogP contribution >= 0.6 is 23.2 Å². The Morgan fingerprint density at radius 3 is 2.26 bits per heavy atom. The molecule has 0 unspecified atom stereocenters. The quantitative estimate of drug-likeness (QED) is 0.168. The van der Waals surface area contributed by atoms with E-state index >= 15 is 0 Å². The zero-order valence-electron chi connectivity index (χ0n) is 23.5. The van der Waals surface area contributed by atoms with E-state index in [0.29, 0.717) is 21.4 Å². The number of aromatic nitrogens is 1. The van der Waals surface area contributed by atoms with E-state index < -0.39 is 22.5 Å². The molecular formula is C30H30Cl2N4O5S. The summed E-state index contributed by atoms with van der Waals surface area (Å²) < 4.78 is 41.0. The summed E-state index contributed by atoms with van der Waals surface area (Å²) in [5, 5.41) is 5.12. The number of rotatable bonds is 11. The molecule has 4 aromatic rings. The van der Waals surface area contributed by atoms with Crippen LogP contribution in [0.3, 0.4) is 0 Å². The van der Waals surface area contributed by atoms with Crippen molar-refractivity contribution in [2.24, 2.45) is 5.10 Å². The SMILES string of the molecule is COc1ccc(S(=O)(=O)N(CC(=O)N/N=C/c2cc(C)n(-c3cc(Cl)cc(Cl)c3)c2C)Cc2ccccc2)cc1OC. The Hall–Kier alpha value is -3.83. The maximum atomic E-state index is 13.7. The van der Waals surface area contributed by atoms with Crippen LogP contribution in [0.5, 0.6) is 11.5 Å². The fraction of sp³-hybridized carbons (Fsp3) is 0.200. The van der Waals surface area contributed by atoms with Gasteiger partial charge >= 0.3 is 0 Å². The van der Waals surface area contributed by atoms with E-state index in [4.69, 9.17) is 32.7 Å². The fourth-order valence-corrected chi connectivity index (χ4v) is 6.41. The van der Waals surface area contributed by atoms with Crippen LogP contribution in [0.15, 0.2) is 82.8 Å². The zero-order chi connectivity index (χ0) is 30.4. The Kier molecular flexibility index (Phi) is 9.95. The number of benzene rings is 3. The fourth-order valence-electron chi connectivity index (χ4n) is 4.49. The molecule has 3 aromatic carbocycles. The van der Waals surface area contributed by atoms with Gasteiger partial charge in [-0.05, 0) is 55.8 Å². The molecule has 0 saturated heterocycles. The van der Waals surface area contributed by atoms with Crippen molar-refractivity contribution in [3.8, 4) is 17.2 Å². The summed E-state index contributed by atoms with van der Waals surface area (Å²) in [6.45, 7) is 3.33. The van der Waals surface area contributed by atoms with Crippen LogP contribution in [0.25, 0.3) is 5.69 Å². The average Bonchev–Trinajstić information content (AvgIpc) is 3.24. The number of aryl methyl sites for hydroxylation is 1. The summed E-state index contributed by atoms with van der Waals surface area (Å²) >= 11 is 12.4. The molecule has 0 radical (unpaired) electrons. The van der Waals surface area contributed by atoms with E-state index in [1.807, 2.05) is 30.5 Å². The Morgan fingerprint density at radius 2 is 1.62 bits per heavy atom. The lowest BCUT2D eigenvalue weighted by atomic mass is 10.2. The van der Waals surface area contributed by atoms with Crippen molar-refractivity contribution in [1.29, 1.82) is 0 Å². The Labute approximate surface area is 255 Å². The van der Waals surface area contributed by atoms with Crippen molar-refractivity contribution in [2.75, 3.05) is 20.8 Å². The minimum Gasteiger partial charge on any atom is -0.493 e. The van der Waals surface area contributed by atoms with Gasteiger partial charge in [0.25, 0.3) is 5.91 Å². The van der Waals surface area contributed by atoms with Crippen molar-refractivity contribution in [2.45, 2.75) is 25.3 Å². The van der Waals surface area contributed by atoms with Crippen LogP contribution in [0.2, 0.25) is 10.0 Å². The van der Waals surface area contributed by atoms with E-state index in [9.17, 15) is 13.2 Å². The smallest absolute Gasteiger partial charge is 0.255 e. The summed E-state index contributed by atoms with van der Waals surface area (Å²) in [6.07, 6.45) is 1.51. The number of carbonyl (C=O) groups excluding carboxylic acids is 1. The molecule has 1 N–H and O–H groups in total. The highest BCUT2D eigenvalue weighted by atomic mass is 35.5. The Morgan fingerprint density at radius 1 is 0.952 bits per heavy atom. The van der Waals surface area contributed by atoms with Crippen LogP contribution in [0.1, 0.15) is 22.5 Å². The normalized spacial score (nSPS) is 11.7. The molecule has 0 spiro atoms. The van der Waals surface area contributed by atoms with Gasteiger partial charge in [0, 0.05) is 45.3 Å². The lowest BCUT2D eigenvalue weighted by Gasteiger charge is -2.22. The Bertz CT molecular complexity index is 1700. The summed E-state index contributed by atoms with van der Waals surface area (Å²) in [6, 6.07) is 20.5. The van der Waals surface area contributed by atoms with Gasteiger partial charge < -0.3 is 14.0 Å². The molecule has 1 amide bonds. The summed E-state index contributed by atoms with van der Waals surface area (Å²) in [4.78, 5) is 12.9. The predicted molar refractivity (Wildman–Crippen MR) is 165 cm³/mol. The number of carbonyl (C=O) groups is 1. The van der Waals surface area contributed by atoms with Crippen molar-refractivity contribution < 1.29 is 22.7 Å². The second kappa shape index (κ2) is 13.4.